The number of para-hydroxylation sites is 3. The Bertz CT molecular complexity index is 753. The summed E-state index contributed by atoms with van der Waals surface area (Å²) in [5.41, 5.74) is 4.01. The first-order chi connectivity index (χ1) is 13.1. The number of carbonyl (C=O) groups is 1. The Hall–Kier alpha value is -2.73. The standard InChI is InChI=1S/C21H27N3O3/c1-16-6-5-7-17(2)20(16)27-13-10-22-21(25)23-18-8-3-4-9-19(18)24-11-14-26-15-12-24/h3-9H,10-15H2,1-2H3,(H2,22,23,25). The zero-order chi connectivity index (χ0) is 19.1. The maximum atomic E-state index is 12.3. The van der Waals surface area contributed by atoms with Crippen LogP contribution < -0.4 is 20.3 Å². The molecule has 2 amide bonds. The van der Waals surface area contributed by atoms with Crippen molar-refractivity contribution in [1.82, 2.24) is 5.32 Å². The second-order valence-electron chi connectivity index (χ2n) is 6.57. The molecular weight excluding hydrogens is 342 g/mol. The average Bonchev–Trinajstić information content (AvgIpc) is 2.68. The summed E-state index contributed by atoms with van der Waals surface area (Å²) in [6.45, 7) is 7.94. The Balaban J connectivity index is 1.50. The molecule has 1 aliphatic rings. The summed E-state index contributed by atoms with van der Waals surface area (Å²) in [5.74, 6) is 0.886. The fraction of sp³-hybridized carbons (Fsp3) is 0.381. The lowest BCUT2D eigenvalue weighted by atomic mass is 10.1. The van der Waals surface area contributed by atoms with Crippen LogP contribution in [0.3, 0.4) is 0 Å². The largest absolute Gasteiger partial charge is 0.491 e. The second kappa shape index (κ2) is 9.28. The Morgan fingerprint density at radius 1 is 1.07 bits per heavy atom. The normalized spacial score (nSPS) is 13.9. The van der Waals surface area contributed by atoms with Crippen LogP contribution in [0.25, 0.3) is 0 Å². The van der Waals surface area contributed by atoms with Gasteiger partial charge in [0.05, 0.1) is 31.1 Å². The zero-order valence-corrected chi connectivity index (χ0v) is 16.0. The lowest BCUT2D eigenvalue weighted by Crippen LogP contribution is -2.37. The van der Waals surface area contributed by atoms with E-state index in [1.807, 2.05) is 56.3 Å². The Morgan fingerprint density at radius 2 is 1.78 bits per heavy atom. The third kappa shape index (κ3) is 5.14. The molecule has 2 aromatic carbocycles. The van der Waals surface area contributed by atoms with Crippen molar-refractivity contribution in [2.75, 3.05) is 49.7 Å². The maximum Gasteiger partial charge on any atom is 0.319 e. The highest BCUT2D eigenvalue weighted by atomic mass is 16.5. The number of ether oxygens (including phenoxy) is 2. The van der Waals surface area contributed by atoms with Crippen molar-refractivity contribution in [3.8, 4) is 5.75 Å². The number of hydrogen-bond acceptors (Lipinski definition) is 4. The van der Waals surface area contributed by atoms with Crippen LogP contribution in [0.2, 0.25) is 0 Å². The first-order valence-electron chi connectivity index (χ1n) is 9.31. The van der Waals surface area contributed by atoms with Crippen LogP contribution in [0, 0.1) is 13.8 Å². The van der Waals surface area contributed by atoms with Crippen molar-refractivity contribution in [2.24, 2.45) is 0 Å². The molecule has 0 spiro atoms. The number of hydrogen-bond donors (Lipinski definition) is 2. The van der Waals surface area contributed by atoms with Gasteiger partial charge >= 0.3 is 6.03 Å². The zero-order valence-electron chi connectivity index (χ0n) is 16.0. The van der Waals surface area contributed by atoms with Gasteiger partial charge in [0.1, 0.15) is 12.4 Å². The number of nitrogens with zero attached hydrogens (tertiary/aromatic N) is 1. The van der Waals surface area contributed by atoms with Crippen molar-refractivity contribution in [2.45, 2.75) is 13.8 Å². The predicted molar refractivity (Wildman–Crippen MR) is 108 cm³/mol. The average molecular weight is 369 g/mol. The number of aryl methyl sites for hydroxylation is 2. The first-order valence-corrected chi connectivity index (χ1v) is 9.31. The third-order valence-electron chi connectivity index (χ3n) is 4.55. The molecule has 6 heteroatoms. The lowest BCUT2D eigenvalue weighted by molar-refractivity contribution is 0.123. The Labute approximate surface area is 160 Å². The highest BCUT2D eigenvalue weighted by molar-refractivity contribution is 5.93. The van der Waals surface area contributed by atoms with Gasteiger partial charge in [0, 0.05) is 13.1 Å². The number of nitrogens with one attached hydrogen (secondary N) is 2. The molecular formula is C21H27N3O3. The number of carbonyl (C=O) groups excluding carboxylic acids is 1. The topological polar surface area (TPSA) is 62.8 Å². The molecule has 2 aromatic rings. The van der Waals surface area contributed by atoms with Gasteiger partial charge in [-0.25, -0.2) is 4.79 Å². The minimum absolute atomic E-state index is 0.235. The lowest BCUT2D eigenvalue weighted by Gasteiger charge is -2.30. The molecule has 2 N–H and O–H groups in total. The molecule has 0 aromatic heterocycles. The highest BCUT2D eigenvalue weighted by Gasteiger charge is 2.15. The van der Waals surface area contributed by atoms with E-state index in [-0.39, 0.29) is 6.03 Å². The number of morpholine rings is 1. The monoisotopic (exact) mass is 369 g/mol. The summed E-state index contributed by atoms with van der Waals surface area (Å²) < 4.78 is 11.2. The van der Waals surface area contributed by atoms with Crippen LogP contribution in [0.15, 0.2) is 42.5 Å². The van der Waals surface area contributed by atoms with E-state index in [0.717, 1.165) is 41.3 Å². The molecule has 1 aliphatic heterocycles. The summed E-state index contributed by atoms with van der Waals surface area (Å²) >= 11 is 0. The van der Waals surface area contributed by atoms with Crippen molar-refractivity contribution in [3.05, 3.63) is 53.6 Å². The van der Waals surface area contributed by atoms with E-state index in [1.54, 1.807) is 0 Å². The molecule has 1 saturated heterocycles. The van der Waals surface area contributed by atoms with Crippen molar-refractivity contribution >= 4 is 17.4 Å². The molecule has 6 nitrogen and oxygen atoms in total. The quantitative estimate of drug-likeness (QED) is 0.767. The molecule has 27 heavy (non-hydrogen) atoms. The minimum Gasteiger partial charge on any atom is -0.491 e. The van der Waals surface area contributed by atoms with Crippen molar-refractivity contribution in [1.29, 1.82) is 0 Å². The van der Waals surface area contributed by atoms with Crippen LogP contribution >= 0.6 is 0 Å². The van der Waals surface area contributed by atoms with E-state index in [2.05, 4.69) is 15.5 Å². The molecule has 0 atom stereocenters. The highest BCUT2D eigenvalue weighted by Crippen LogP contribution is 2.26. The Morgan fingerprint density at radius 3 is 2.52 bits per heavy atom. The number of benzene rings is 2. The number of rotatable bonds is 6. The van der Waals surface area contributed by atoms with Gasteiger partial charge in [-0.15, -0.1) is 0 Å². The van der Waals surface area contributed by atoms with E-state index < -0.39 is 0 Å². The summed E-state index contributed by atoms with van der Waals surface area (Å²) in [7, 11) is 0. The molecule has 0 saturated carbocycles. The molecule has 144 valence electrons. The summed E-state index contributed by atoms with van der Waals surface area (Å²) in [4.78, 5) is 14.5. The molecule has 1 heterocycles. The second-order valence-corrected chi connectivity index (χ2v) is 6.57. The number of urea groups is 1. The van der Waals surface area contributed by atoms with Gasteiger partial charge < -0.3 is 25.0 Å². The number of anilines is 2. The smallest absolute Gasteiger partial charge is 0.319 e. The van der Waals surface area contributed by atoms with Crippen LogP contribution in [0.4, 0.5) is 16.2 Å². The molecule has 0 radical (unpaired) electrons. The van der Waals surface area contributed by atoms with E-state index >= 15 is 0 Å². The molecule has 3 rings (SSSR count). The van der Waals surface area contributed by atoms with Gasteiger partial charge in [0.15, 0.2) is 0 Å². The Kier molecular flexibility index (Phi) is 6.54. The van der Waals surface area contributed by atoms with Gasteiger partial charge in [-0.05, 0) is 37.1 Å². The van der Waals surface area contributed by atoms with E-state index in [0.29, 0.717) is 26.4 Å². The predicted octanol–water partition coefficient (Wildman–Crippen LogP) is 3.34. The van der Waals surface area contributed by atoms with E-state index in [9.17, 15) is 4.79 Å². The van der Waals surface area contributed by atoms with Gasteiger partial charge in [0.25, 0.3) is 0 Å². The van der Waals surface area contributed by atoms with Crippen LogP contribution in [-0.4, -0.2) is 45.5 Å². The van der Waals surface area contributed by atoms with Crippen LogP contribution in [0.5, 0.6) is 5.75 Å². The molecule has 0 unspecified atom stereocenters. The molecule has 0 bridgehead atoms. The molecule has 0 aliphatic carbocycles. The van der Waals surface area contributed by atoms with Crippen LogP contribution in [-0.2, 0) is 4.74 Å². The van der Waals surface area contributed by atoms with E-state index in [4.69, 9.17) is 9.47 Å². The number of amides is 2. The van der Waals surface area contributed by atoms with Gasteiger partial charge in [-0.3, -0.25) is 0 Å². The SMILES string of the molecule is Cc1cccc(C)c1OCCNC(=O)Nc1ccccc1N1CCOCC1. The summed E-state index contributed by atoms with van der Waals surface area (Å²) in [6.07, 6.45) is 0. The summed E-state index contributed by atoms with van der Waals surface area (Å²) in [6, 6.07) is 13.6. The molecule has 1 fully saturated rings. The fourth-order valence-electron chi connectivity index (χ4n) is 3.17. The van der Waals surface area contributed by atoms with Crippen LogP contribution in [0.1, 0.15) is 11.1 Å². The maximum absolute atomic E-state index is 12.3. The minimum atomic E-state index is -0.235. The summed E-state index contributed by atoms with van der Waals surface area (Å²) in [5, 5.41) is 5.79. The van der Waals surface area contributed by atoms with Crippen molar-refractivity contribution < 1.29 is 14.3 Å². The third-order valence-corrected chi connectivity index (χ3v) is 4.55. The van der Waals surface area contributed by atoms with Gasteiger partial charge in [-0.2, -0.15) is 0 Å². The van der Waals surface area contributed by atoms with E-state index in [1.165, 1.54) is 0 Å². The first kappa shape index (κ1) is 19.0. The fourth-order valence-corrected chi connectivity index (χ4v) is 3.17. The van der Waals surface area contributed by atoms with Gasteiger partial charge in [0.2, 0.25) is 0 Å². The van der Waals surface area contributed by atoms with Gasteiger partial charge in [-0.1, -0.05) is 30.3 Å². The van der Waals surface area contributed by atoms with Crippen molar-refractivity contribution in [3.63, 3.8) is 0 Å².